The fourth-order valence-electron chi connectivity index (χ4n) is 3.53. The highest BCUT2D eigenvalue weighted by atomic mass is 32.2. The molecule has 2 aliphatic rings. The van der Waals surface area contributed by atoms with Crippen molar-refractivity contribution in [2.75, 3.05) is 19.6 Å². The summed E-state index contributed by atoms with van der Waals surface area (Å²) in [6.07, 6.45) is 0.932. The van der Waals surface area contributed by atoms with Gasteiger partial charge >= 0.3 is 0 Å². The Morgan fingerprint density at radius 1 is 0.920 bits per heavy atom. The molecule has 25 heavy (non-hydrogen) atoms. The van der Waals surface area contributed by atoms with Crippen molar-refractivity contribution < 1.29 is 17.2 Å². The molecule has 0 bridgehead atoms. The number of hydrogen-bond donors (Lipinski definition) is 0. The van der Waals surface area contributed by atoms with Gasteiger partial charge in [0.25, 0.3) is 0 Å². The van der Waals surface area contributed by atoms with Gasteiger partial charge in [-0.05, 0) is 29.7 Å². The molecule has 2 heterocycles. The maximum Gasteiger partial charge on any atom is 0.249 e. The van der Waals surface area contributed by atoms with Crippen LogP contribution in [-0.4, -0.2) is 43.3 Å². The van der Waals surface area contributed by atoms with Gasteiger partial charge in [0, 0.05) is 32.2 Å². The number of halogens is 2. The highest BCUT2D eigenvalue weighted by Gasteiger charge is 2.42. The Hall–Kier alpha value is -1.83. The molecule has 2 aromatic carbocycles. The van der Waals surface area contributed by atoms with Crippen molar-refractivity contribution in [3.63, 3.8) is 0 Å². The van der Waals surface area contributed by atoms with E-state index in [-0.39, 0.29) is 19.1 Å². The van der Waals surface area contributed by atoms with E-state index in [1.807, 2.05) is 12.1 Å². The lowest BCUT2D eigenvalue weighted by Gasteiger charge is -2.46. The molecule has 0 saturated carbocycles. The Morgan fingerprint density at radius 2 is 1.56 bits per heavy atom. The average Bonchev–Trinajstić information content (AvgIpc) is 2.52. The maximum atomic E-state index is 13.8. The van der Waals surface area contributed by atoms with E-state index in [9.17, 15) is 17.2 Å². The first-order valence-corrected chi connectivity index (χ1v) is 9.66. The summed E-state index contributed by atoms with van der Waals surface area (Å²) < 4.78 is 53.8. The zero-order chi connectivity index (χ0) is 17.6. The molecule has 1 fully saturated rings. The van der Waals surface area contributed by atoms with Gasteiger partial charge in [0.1, 0.15) is 11.6 Å². The largest absolute Gasteiger partial charge is 0.293 e. The first kappa shape index (κ1) is 16.6. The Kier molecular flexibility index (Phi) is 4.10. The third-order valence-corrected chi connectivity index (χ3v) is 6.91. The van der Waals surface area contributed by atoms with Crippen LogP contribution in [0, 0.1) is 11.6 Å². The Labute approximate surface area is 145 Å². The van der Waals surface area contributed by atoms with E-state index in [4.69, 9.17) is 0 Å². The molecule has 0 aromatic heterocycles. The molecule has 1 saturated heterocycles. The Morgan fingerprint density at radius 3 is 2.24 bits per heavy atom. The van der Waals surface area contributed by atoms with Gasteiger partial charge in [0.05, 0.1) is 0 Å². The number of benzene rings is 2. The first-order chi connectivity index (χ1) is 12.0. The highest BCUT2D eigenvalue weighted by molar-refractivity contribution is 7.89. The number of nitrogens with zero attached hydrogens (tertiary/aromatic N) is 2. The summed E-state index contributed by atoms with van der Waals surface area (Å²) in [5.41, 5.74) is 2.59. The van der Waals surface area contributed by atoms with E-state index < -0.39 is 26.6 Å². The number of rotatable bonds is 3. The summed E-state index contributed by atoms with van der Waals surface area (Å²) in [6.45, 7) is 2.17. The highest BCUT2D eigenvalue weighted by Crippen LogP contribution is 2.30. The van der Waals surface area contributed by atoms with Gasteiger partial charge in [-0.3, -0.25) is 4.90 Å². The SMILES string of the molecule is O=S(=O)(c1c(F)cccc1F)N1CC(N2CCc3ccccc3C2)C1. The zero-order valence-corrected chi connectivity index (χ0v) is 14.3. The molecule has 132 valence electrons. The smallest absolute Gasteiger partial charge is 0.249 e. The predicted molar refractivity (Wildman–Crippen MR) is 89.5 cm³/mol. The molecular formula is C18H18F2N2O2S. The van der Waals surface area contributed by atoms with Crippen LogP contribution in [0.3, 0.4) is 0 Å². The molecule has 4 nitrogen and oxygen atoms in total. The first-order valence-electron chi connectivity index (χ1n) is 8.22. The summed E-state index contributed by atoms with van der Waals surface area (Å²) in [5, 5.41) is 0. The topological polar surface area (TPSA) is 40.6 Å². The van der Waals surface area contributed by atoms with Gasteiger partial charge in [-0.25, -0.2) is 17.2 Å². The van der Waals surface area contributed by atoms with E-state index in [0.29, 0.717) is 0 Å². The average molecular weight is 364 g/mol. The van der Waals surface area contributed by atoms with Crippen LogP contribution < -0.4 is 0 Å². The molecular weight excluding hydrogens is 346 g/mol. The molecule has 7 heteroatoms. The molecule has 4 rings (SSSR count). The molecule has 0 amide bonds. The second-order valence-electron chi connectivity index (χ2n) is 6.52. The fourth-order valence-corrected chi connectivity index (χ4v) is 5.15. The Bertz CT molecular complexity index is 891. The van der Waals surface area contributed by atoms with Crippen LogP contribution in [0.15, 0.2) is 47.4 Å². The third kappa shape index (κ3) is 2.86. The van der Waals surface area contributed by atoms with Crippen molar-refractivity contribution in [3.8, 4) is 0 Å². The summed E-state index contributed by atoms with van der Waals surface area (Å²) in [5.74, 6) is -2.09. The second kappa shape index (κ2) is 6.16. The minimum atomic E-state index is -4.14. The summed E-state index contributed by atoms with van der Waals surface area (Å²) in [7, 11) is -4.14. The van der Waals surface area contributed by atoms with Crippen LogP contribution in [0.4, 0.5) is 8.78 Å². The predicted octanol–water partition coefficient (Wildman–Crippen LogP) is 2.40. The van der Waals surface area contributed by atoms with Gasteiger partial charge in [-0.1, -0.05) is 30.3 Å². The normalized spacial score (nSPS) is 19.4. The Balaban J connectivity index is 1.47. The van der Waals surface area contributed by atoms with E-state index in [1.165, 1.54) is 11.1 Å². The van der Waals surface area contributed by atoms with Crippen molar-refractivity contribution in [3.05, 3.63) is 65.2 Å². The van der Waals surface area contributed by atoms with Crippen molar-refractivity contribution in [2.24, 2.45) is 0 Å². The van der Waals surface area contributed by atoms with Gasteiger partial charge in [0.2, 0.25) is 10.0 Å². The van der Waals surface area contributed by atoms with E-state index in [0.717, 1.165) is 42.0 Å². The molecule has 0 aliphatic carbocycles. The maximum absolute atomic E-state index is 13.8. The van der Waals surface area contributed by atoms with Gasteiger partial charge in [0.15, 0.2) is 4.90 Å². The second-order valence-corrected chi connectivity index (χ2v) is 8.39. The van der Waals surface area contributed by atoms with Gasteiger partial charge in [-0.15, -0.1) is 0 Å². The fraction of sp³-hybridized carbons (Fsp3) is 0.333. The zero-order valence-electron chi connectivity index (χ0n) is 13.5. The van der Waals surface area contributed by atoms with Crippen molar-refractivity contribution in [1.29, 1.82) is 0 Å². The standard InChI is InChI=1S/C18H18F2N2O2S/c19-16-6-3-7-17(20)18(16)25(23,24)22-11-15(12-22)21-9-8-13-4-1-2-5-14(13)10-21/h1-7,15H,8-12H2. The van der Waals surface area contributed by atoms with Crippen LogP contribution >= 0.6 is 0 Å². The van der Waals surface area contributed by atoms with Crippen LogP contribution in [-0.2, 0) is 23.0 Å². The van der Waals surface area contributed by atoms with E-state index >= 15 is 0 Å². The lowest BCUT2D eigenvalue weighted by atomic mass is 9.97. The quantitative estimate of drug-likeness (QED) is 0.840. The molecule has 0 atom stereocenters. The van der Waals surface area contributed by atoms with Crippen LogP contribution in [0.25, 0.3) is 0 Å². The van der Waals surface area contributed by atoms with Gasteiger partial charge in [-0.2, -0.15) is 4.31 Å². The van der Waals surface area contributed by atoms with E-state index in [1.54, 1.807) is 0 Å². The van der Waals surface area contributed by atoms with Crippen molar-refractivity contribution in [1.82, 2.24) is 9.21 Å². The number of sulfonamides is 1. The summed E-state index contributed by atoms with van der Waals surface area (Å²) in [6, 6.07) is 11.4. The summed E-state index contributed by atoms with van der Waals surface area (Å²) >= 11 is 0. The van der Waals surface area contributed by atoms with Crippen LogP contribution in [0.2, 0.25) is 0 Å². The van der Waals surface area contributed by atoms with E-state index in [2.05, 4.69) is 17.0 Å². The van der Waals surface area contributed by atoms with Crippen molar-refractivity contribution in [2.45, 2.75) is 23.9 Å². The van der Waals surface area contributed by atoms with Crippen LogP contribution in [0.5, 0.6) is 0 Å². The van der Waals surface area contributed by atoms with Crippen molar-refractivity contribution >= 4 is 10.0 Å². The number of hydrogen-bond acceptors (Lipinski definition) is 3. The molecule has 0 unspecified atom stereocenters. The minimum absolute atomic E-state index is 0.0814. The molecule has 0 spiro atoms. The molecule has 2 aromatic rings. The third-order valence-electron chi connectivity index (χ3n) is 5.02. The number of fused-ring (bicyclic) bond motifs is 1. The molecule has 0 N–H and O–H groups in total. The lowest BCUT2D eigenvalue weighted by molar-refractivity contribution is 0.0766. The lowest BCUT2D eigenvalue weighted by Crippen LogP contribution is -2.61. The minimum Gasteiger partial charge on any atom is -0.293 e. The monoisotopic (exact) mass is 364 g/mol. The summed E-state index contributed by atoms with van der Waals surface area (Å²) in [4.78, 5) is 1.39. The van der Waals surface area contributed by atoms with Crippen LogP contribution in [0.1, 0.15) is 11.1 Å². The van der Waals surface area contributed by atoms with Gasteiger partial charge < -0.3 is 0 Å². The molecule has 0 radical (unpaired) electrons. The molecule has 2 aliphatic heterocycles.